The largest absolute Gasteiger partial charge is 0.342 e. The molecule has 16 heavy (non-hydrogen) atoms. The maximum Gasteiger partial charge on any atom is 0.138 e. The highest BCUT2D eigenvalue weighted by atomic mass is 35.5. The Labute approximate surface area is 97.5 Å². The Morgan fingerprint density at radius 2 is 2.25 bits per heavy atom. The third-order valence-electron chi connectivity index (χ3n) is 2.23. The zero-order valence-electron chi connectivity index (χ0n) is 8.50. The first-order valence-corrected chi connectivity index (χ1v) is 5.28. The molecule has 2 aromatic rings. The number of rotatable bonds is 3. The fraction of sp³-hybridized carbons (Fsp3) is 0.182. The maximum absolute atomic E-state index is 12.9. The van der Waals surface area contributed by atoms with E-state index in [4.69, 9.17) is 17.3 Å². The average Bonchev–Trinajstić information content (AvgIpc) is 2.67. The number of nitrogens with two attached hydrogens (primary N) is 1. The molecule has 5 heteroatoms. The highest BCUT2D eigenvalue weighted by Gasteiger charge is 2.08. The smallest absolute Gasteiger partial charge is 0.138 e. The summed E-state index contributed by atoms with van der Waals surface area (Å²) in [6.07, 6.45) is 2.44. The van der Waals surface area contributed by atoms with E-state index in [2.05, 4.69) is 9.97 Å². The van der Waals surface area contributed by atoms with Crippen LogP contribution in [0.5, 0.6) is 0 Å². The summed E-state index contributed by atoms with van der Waals surface area (Å²) < 4.78 is 12.9. The van der Waals surface area contributed by atoms with Crippen molar-refractivity contribution in [3.8, 4) is 11.4 Å². The molecule has 0 amide bonds. The van der Waals surface area contributed by atoms with Crippen LogP contribution in [0.1, 0.15) is 5.69 Å². The zero-order chi connectivity index (χ0) is 11.5. The first-order valence-electron chi connectivity index (χ1n) is 4.90. The Morgan fingerprint density at radius 1 is 1.44 bits per heavy atom. The second-order valence-corrected chi connectivity index (χ2v) is 3.83. The summed E-state index contributed by atoms with van der Waals surface area (Å²) in [6.45, 7) is 0.554. The van der Waals surface area contributed by atoms with Gasteiger partial charge in [-0.25, -0.2) is 9.37 Å². The lowest BCUT2D eigenvalue weighted by molar-refractivity contribution is 0.628. The molecule has 0 saturated carbocycles. The Hall–Kier alpha value is -1.39. The van der Waals surface area contributed by atoms with Gasteiger partial charge in [0, 0.05) is 23.9 Å². The summed E-state index contributed by atoms with van der Waals surface area (Å²) in [5, 5.41) is 0.341. The number of halogens is 2. The van der Waals surface area contributed by atoms with Crippen molar-refractivity contribution in [3.63, 3.8) is 0 Å². The second kappa shape index (κ2) is 4.63. The van der Waals surface area contributed by atoms with E-state index < -0.39 is 0 Å². The Balaban J connectivity index is 2.35. The van der Waals surface area contributed by atoms with Crippen LogP contribution in [0.15, 0.2) is 24.4 Å². The number of nitrogens with one attached hydrogen (secondary N) is 1. The van der Waals surface area contributed by atoms with Crippen LogP contribution in [-0.4, -0.2) is 16.5 Å². The van der Waals surface area contributed by atoms with Crippen molar-refractivity contribution in [1.82, 2.24) is 9.97 Å². The summed E-state index contributed by atoms with van der Waals surface area (Å²) in [6, 6.07) is 4.22. The molecule has 0 fully saturated rings. The highest BCUT2D eigenvalue weighted by molar-refractivity contribution is 6.33. The van der Waals surface area contributed by atoms with Gasteiger partial charge in [-0.05, 0) is 24.7 Å². The minimum absolute atomic E-state index is 0.341. The number of benzene rings is 1. The van der Waals surface area contributed by atoms with E-state index in [1.165, 1.54) is 12.1 Å². The Kier molecular flexibility index (Phi) is 3.22. The lowest BCUT2D eigenvalue weighted by atomic mass is 10.2. The maximum atomic E-state index is 12.9. The molecule has 0 aliphatic rings. The van der Waals surface area contributed by atoms with Crippen molar-refractivity contribution in [1.29, 1.82) is 0 Å². The van der Waals surface area contributed by atoms with E-state index >= 15 is 0 Å². The molecule has 0 saturated heterocycles. The first-order chi connectivity index (χ1) is 7.70. The standard InChI is InChI=1S/C11H11ClFN3/c12-10-5-7(13)1-2-9(10)11-15-6-8(16-11)3-4-14/h1-2,5-6H,3-4,14H2,(H,15,16). The molecule has 0 radical (unpaired) electrons. The SMILES string of the molecule is NCCc1cnc(-c2ccc(F)cc2Cl)[nH]1. The van der Waals surface area contributed by atoms with Crippen molar-refractivity contribution >= 4 is 11.6 Å². The number of H-pyrrole nitrogens is 1. The predicted molar refractivity (Wildman–Crippen MR) is 61.8 cm³/mol. The Morgan fingerprint density at radius 3 is 2.94 bits per heavy atom. The van der Waals surface area contributed by atoms with Crippen LogP contribution in [0, 0.1) is 5.82 Å². The molecule has 0 atom stereocenters. The molecule has 2 rings (SSSR count). The molecular weight excluding hydrogens is 229 g/mol. The van der Waals surface area contributed by atoms with Gasteiger partial charge in [0.05, 0.1) is 5.02 Å². The number of aromatic amines is 1. The highest BCUT2D eigenvalue weighted by Crippen LogP contribution is 2.26. The topological polar surface area (TPSA) is 54.7 Å². The minimum atomic E-state index is -0.359. The fourth-order valence-electron chi connectivity index (χ4n) is 1.46. The fourth-order valence-corrected chi connectivity index (χ4v) is 1.72. The van der Waals surface area contributed by atoms with Crippen molar-refractivity contribution in [2.75, 3.05) is 6.54 Å². The second-order valence-electron chi connectivity index (χ2n) is 3.42. The summed E-state index contributed by atoms with van der Waals surface area (Å²) >= 11 is 5.93. The van der Waals surface area contributed by atoms with E-state index in [9.17, 15) is 4.39 Å². The van der Waals surface area contributed by atoms with E-state index in [-0.39, 0.29) is 5.82 Å². The van der Waals surface area contributed by atoms with Gasteiger partial charge in [-0.1, -0.05) is 11.6 Å². The summed E-state index contributed by atoms with van der Waals surface area (Å²) in [7, 11) is 0. The average molecular weight is 240 g/mol. The zero-order valence-corrected chi connectivity index (χ0v) is 9.26. The predicted octanol–water partition coefficient (Wildman–Crippen LogP) is 2.37. The van der Waals surface area contributed by atoms with E-state index in [0.717, 1.165) is 12.1 Å². The number of aromatic nitrogens is 2. The van der Waals surface area contributed by atoms with E-state index in [1.54, 1.807) is 12.3 Å². The van der Waals surface area contributed by atoms with Crippen LogP contribution in [0.2, 0.25) is 5.02 Å². The molecule has 0 aliphatic carbocycles. The van der Waals surface area contributed by atoms with Gasteiger partial charge in [0.25, 0.3) is 0 Å². The van der Waals surface area contributed by atoms with Crippen molar-refractivity contribution in [3.05, 3.63) is 40.9 Å². The van der Waals surface area contributed by atoms with Gasteiger partial charge in [0.2, 0.25) is 0 Å². The van der Waals surface area contributed by atoms with E-state index in [0.29, 0.717) is 23.0 Å². The first kappa shape index (κ1) is 11.1. The quantitative estimate of drug-likeness (QED) is 0.864. The van der Waals surface area contributed by atoms with Gasteiger partial charge in [0.1, 0.15) is 11.6 Å². The van der Waals surface area contributed by atoms with Crippen LogP contribution >= 0.6 is 11.6 Å². The molecule has 1 aromatic carbocycles. The van der Waals surface area contributed by atoms with Gasteiger partial charge in [0.15, 0.2) is 0 Å². The number of nitrogens with zero attached hydrogens (tertiary/aromatic N) is 1. The molecule has 0 spiro atoms. The van der Waals surface area contributed by atoms with Gasteiger partial charge in [-0.3, -0.25) is 0 Å². The Bertz CT molecular complexity index is 496. The van der Waals surface area contributed by atoms with Gasteiger partial charge in [-0.2, -0.15) is 0 Å². The lowest BCUT2D eigenvalue weighted by Crippen LogP contribution is -2.02. The van der Waals surface area contributed by atoms with Crippen molar-refractivity contribution < 1.29 is 4.39 Å². The monoisotopic (exact) mass is 239 g/mol. The summed E-state index contributed by atoms with van der Waals surface area (Å²) in [5.41, 5.74) is 7.06. The molecular formula is C11H11ClFN3. The minimum Gasteiger partial charge on any atom is -0.342 e. The molecule has 0 aliphatic heterocycles. The normalized spacial score (nSPS) is 10.7. The van der Waals surface area contributed by atoms with Crippen LogP contribution in [0.3, 0.4) is 0 Å². The summed E-state index contributed by atoms with van der Waals surface area (Å²) in [4.78, 5) is 7.27. The van der Waals surface area contributed by atoms with Crippen molar-refractivity contribution in [2.45, 2.75) is 6.42 Å². The molecule has 3 N–H and O–H groups in total. The molecule has 3 nitrogen and oxygen atoms in total. The third-order valence-corrected chi connectivity index (χ3v) is 2.54. The van der Waals surface area contributed by atoms with Gasteiger partial charge in [-0.15, -0.1) is 0 Å². The van der Waals surface area contributed by atoms with Crippen molar-refractivity contribution in [2.24, 2.45) is 5.73 Å². The summed E-state index contributed by atoms with van der Waals surface area (Å²) in [5.74, 6) is 0.274. The van der Waals surface area contributed by atoms with Gasteiger partial charge < -0.3 is 10.7 Å². The van der Waals surface area contributed by atoms with Crippen LogP contribution in [0.25, 0.3) is 11.4 Å². The third kappa shape index (κ3) is 2.23. The molecule has 0 unspecified atom stereocenters. The number of imidazole rings is 1. The number of hydrogen-bond donors (Lipinski definition) is 2. The molecule has 1 heterocycles. The number of hydrogen-bond acceptors (Lipinski definition) is 2. The van der Waals surface area contributed by atoms with Crippen LogP contribution in [-0.2, 0) is 6.42 Å². The van der Waals surface area contributed by atoms with Gasteiger partial charge >= 0.3 is 0 Å². The molecule has 84 valence electrons. The van der Waals surface area contributed by atoms with E-state index in [1.807, 2.05) is 0 Å². The van der Waals surface area contributed by atoms with Crippen LogP contribution in [0.4, 0.5) is 4.39 Å². The van der Waals surface area contributed by atoms with Crippen LogP contribution < -0.4 is 5.73 Å². The molecule has 0 bridgehead atoms. The molecule has 1 aromatic heterocycles. The lowest BCUT2D eigenvalue weighted by Gasteiger charge is -2.00.